The van der Waals surface area contributed by atoms with Crippen LogP contribution < -0.4 is 10.9 Å². The first-order valence-corrected chi connectivity index (χ1v) is 10.5. The van der Waals surface area contributed by atoms with Crippen LogP contribution >= 0.6 is 24.0 Å². The number of carbonyl (C=O) groups excluding carboxylic acids is 1. The van der Waals surface area contributed by atoms with E-state index in [1.807, 2.05) is 6.07 Å². The minimum Gasteiger partial charge on any atom is -0.376 e. The molecular formula is C20H20N4O3S2. The fourth-order valence-corrected chi connectivity index (χ4v) is 4.57. The van der Waals surface area contributed by atoms with Crippen LogP contribution in [0.5, 0.6) is 0 Å². The monoisotopic (exact) mass is 428 g/mol. The minimum absolute atomic E-state index is 0.00892. The lowest BCUT2D eigenvalue weighted by Gasteiger charge is -2.18. The molecule has 1 amide bonds. The van der Waals surface area contributed by atoms with Crippen LogP contribution in [0.2, 0.25) is 0 Å². The summed E-state index contributed by atoms with van der Waals surface area (Å²) in [6.07, 6.45) is 6.83. The molecule has 1 atom stereocenters. The van der Waals surface area contributed by atoms with Crippen molar-refractivity contribution in [1.29, 1.82) is 0 Å². The molecule has 0 aromatic carbocycles. The summed E-state index contributed by atoms with van der Waals surface area (Å²) < 4.78 is 7.57. The molecule has 0 unspecified atom stereocenters. The van der Waals surface area contributed by atoms with E-state index in [2.05, 4.69) is 16.9 Å². The van der Waals surface area contributed by atoms with Crippen molar-refractivity contribution in [3.63, 3.8) is 0 Å². The number of nitrogens with zero attached hydrogens (tertiary/aromatic N) is 3. The van der Waals surface area contributed by atoms with E-state index < -0.39 is 0 Å². The lowest BCUT2D eigenvalue weighted by molar-refractivity contribution is -0.123. The molecule has 29 heavy (non-hydrogen) atoms. The van der Waals surface area contributed by atoms with Crippen LogP contribution in [0.15, 0.2) is 46.8 Å². The normalized spacial score (nSPS) is 20.8. The van der Waals surface area contributed by atoms with E-state index in [1.165, 1.54) is 16.2 Å². The molecule has 1 N–H and O–H groups in total. The predicted octanol–water partition coefficient (Wildman–Crippen LogP) is 2.67. The number of hydrogen-bond donors (Lipinski definition) is 1. The average Bonchev–Trinajstić information content (AvgIpc) is 3.33. The van der Waals surface area contributed by atoms with Gasteiger partial charge in [0.25, 0.3) is 11.5 Å². The molecule has 4 rings (SSSR count). The number of hydrogen-bond acceptors (Lipinski definition) is 7. The molecule has 2 aromatic heterocycles. The van der Waals surface area contributed by atoms with Gasteiger partial charge in [0.1, 0.15) is 15.8 Å². The van der Waals surface area contributed by atoms with Gasteiger partial charge in [0.15, 0.2) is 0 Å². The number of anilines is 1. The Balaban J connectivity index is 1.71. The van der Waals surface area contributed by atoms with E-state index in [-0.39, 0.29) is 17.6 Å². The molecule has 2 aromatic rings. The van der Waals surface area contributed by atoms with E-state index in [1.54, 1.807) is 35.4 Å². The van der Waals surface area contributed by atoms with Gasteiger partial charge >= 0.3 is 0 Å². The molecule has 0 bridgehead atoms. The Bertz CT molecular complexity index is 1070. The Morgan fingerprint density at radius 3 is 3.03 bits per heavy atom. The van der Waals surface area contributed by atoms with Crippen LogP contribution in [0, 0.1) is 0 Å². The number of fused-ring (bicyclic) bond motifs is 1. The fourth-order valence-electron chi connectivity index (χ4n) is 3.32. The van der Waals surface area contributed by atoms with Crippen molar-refractivity contribution < 1.29 is 9.53 Å². The van der Waals surface area contributed by atoms with Gasteiger partial charge in [-0.25, -0.2) is 4.98 Å². The molecule has 7 nitrogen and oxygen atoms in total. The quantitative estimate of drug-likeness (QED) is 0.431. The first-order chi connectivity index (χ1) is 14.1. The Kier molecular flexibility index (Phi) is 5.79. The number of rotatable bonds is 6. The molecule has 150 valence electrons. The van der Waals surface area contributed by atoms with Gasteiger partial charge in [-0.1, -0.05) is 36.1 Å². The lowest BCUT2D eigenvalue weighted by atomic mass is 10.2. The van der Waals surface area contributed by atoms with Crippen molar-refractivity contribution in [2.24, 2.45) is 0 Å². The van der Waals surface area contributed by atoms with Gasteiger partial charge in [-0.2, -0.15) is 0 Å². The van der Waals surface area contributed by atoms with E-state index in [0.717, 1.165) is 12.8 Å². The Hall–Kier alpha value is -2.49. The van der Waals surface area contributed by atoms with Crippen LogP contribution in [0.25, 0.3) is 11.7 Å². The number of carbonyl (C=O) groups is 1. The fraction of sp³-hybridized carbons (Fsp3) is 0.300. The highest BCUT2D eigenvalue weighted by Crippen LogP contribution is 2.34. The van der Waals surface area contributed by atoms with E-state index in [9.17, 15) is 9.59 Å². The summed E-state index contributed by atoms with van der Waals surface area (Å²) in [4.78, 5) is 32.5. The zero-order valence-electron chi connectivity index (χ0n) is 15.7. The second kappa shape index (κ2) is 8.48. The zero-order chi connectivity index (χ0) is 20.4. The molecule has 4 heterocycles. The van der Waals surface area contributed by atoms with Crippen LogP contribution in [-0.4, -0.2) is 50.3 Å². The smallest absolute Gasteiger partial charge is 0.267 e. The summed E-state index contributed by atoms with van der Waals surface area (Å²) in [7, 11) is 0. The number of nitrogens with one attached hydrogen (secondary N) is 1. The molecule has 0 aliphatic carbocycles. The second-order valence-electron chi connectivity index (χ2n) is 6.70. The summed E-state index contributed by atoms with van der Waals surface area (Å²) in [5.74, 6) is 0.202. The van der Waals surface area contributed by atoms with Crippen molar-refractivity contribution in [3.8, 4) is 0 Å². The molecule has 0 spiro atoms. The molecule has 2 saturated heterocycles. The maximum atomic E-state index is 13.1. The summed E-state index contributed by atoms with van der Waals surface area (Å²) >= 11 is 6.60. The number of amides is 1. The van der Waals surface area contributed by atoms with E-state index >= 15 is 0 Å². The van der Waals surface area contributed by atoms with Gasteiger partial charge in [-0.05, 0) is 31.1 Å². The number of aromatic nitrogens is 2. The molecule has 2 aliphatic heterocycles. The Morgan fingerprint density at radius 2 is 2.28 bits per heavy atom. The zero-order valence-corrected chi connectivity index (χ0v) is 17.3. The number of ether oxygens (including phenoxy) is 1. The van der Waals surface area contributed by atoms with Crippen molar-refractivity contribution in [1.82, 2.24) is 14.3 Å². The van der Waals surface area contributed by atoms with E-state index in [0.29, 0.717) is 46.0 Å². The summed E-state index contributed by atoms with van der Waals surface area (Å²) in [5.41, 5.74) is 0.576. The summed E-state index contributed by atoms with van der Waals surface area (Å²) in [6, 6.07) is 5.33. The van der Waals surface area contributed by atoms with Gasteiger partial charge in [-0.15, -0.1) is 6.58 Å². The second-order valence-corrected chi connectivity index (χ2v) is 8.38. The molecule has 9 heteroatoms. The van der Waals surface area contributed by atoms with Crippen molar-refractivity contribution in [2.45, 2.75) is 18.9 Å². The van der Waals surface area contributed by atoms with Crippen LogP contribution in [0.3, 0.4) is 0 Å². The molecule has 0 radical (unpaired) electrons. The van der Waals surface area contributed by atoms with Crippen LogP contribution in [0.1, 0.15) is 18.4 Å². The third-order valence-corrected chi connectivity index (χ3v) is 6.12. The lowest BCUT2D eigenvalue weighted by Crippen LogP contribution is -2.35. The first kappa shape index (κ1) is 19.8. The Morgan fingerprint density at radius 1 is 1.41 bits per heavy atom. The highest BCUT2D eigenvalue weighted by molar-refractivity contribution is 8.26. The standard InChI is InChI=1S/C20H20N4O3S2/c1-2-8-21-17-14(18(25)23-9-4-3-7-16(23)22-17)11-15-19(26)24(20(28)29-15)12-13-6-5-10-27-13/h2-4,7,9,11,13,21H,1,5-6,8,10,12H2/b15-11-/t13-/m0/s1. The number of thioether (sulfide) groups is 1. The van der Waals surface area contributed by atoms with Crippen LogP contribution in [-0.2, 0) is 9.53 Å². The molecule has 0 saturated carbocycles. The number of thiocarbonyl (C=S) groups is 1. The van der Waals surface area contributed by atoms with Gasteiger partial charge in [0.2, 0.25) is 0 Å². The van der Waals surface area contributed by atoms with Crippen molar-refractivity contribution in [2.75, 3.05) is 25.0 Å². The minimum atomic E-state index is -0.258. The van der Waals surface area contributed by atoms with Crippen molar-refractivity contribution >= 4 is 51.7 Å². The summed E-state index contributed by atoms with van der Waals surface area (Å²) in [6.45, 7) is 5.29. The predicted molar refractivity (Wildman–Crippen MR) is 119 cm³/mol. The third-order valence-electron chi connectivity index (χ3n) is 4.74. The largest absolute Gasteiger partial charge is 0.376 e. The highest BCUT2D eigenvalue weighted by atomic mass is 32.2. The number of pyridine rings is 1. The first-order valence-electron chi connectivity index (χ1n) is 9.31. The highest BCUT2D eigenvalue weighted by Gasteiger charge is 2.35. The van der Waals surface area contributed by atoms with Gasteiger partial charge < -0.3 is 10.1 Å². The summed E-state index contributed by atoms with van der Waals surface area (Å²) in [5, 5.41) is 3.09. The Labute approximate surface area is 177 Å². The van der Waals surface area contributed by atoms with E-state index in [4.69, 9.17) is 17.0 Å². The van der Waals surface area contributed by atoms with Gasteiger partial charge in [0.05, 0.1) is 23.1 Å². The van der Waals surface area contributed by atoms with Gasteiger partial charge in [0, 0.05) is 19.3 Å². The van der Waals surface area contributed by atoms with Gasteiger partial charge in [-0.3, -0.25) is 18.9 Å². The maximum Gasteiger partial charge on any atom is 0.267 e. The average molecular weight is 429 g/mol. The topological polar surface area (TPSA) is 75.9 Å². The SMILES string of the molecule is C=CCNc1nc2ccccn2c(=O)c1/C=C1\SC(=S)N(C[C@@H]2CCCO2)C1=O. The molecule has 2 fully saturated rings. The molecular weight excluding hydrogens is 408 g/mol. The van der Waals surface area contributed by atoms with Crippen molar-refractivity contribution in [3.05, 3.63) is 57.9 Å². The maximum absolute atomic E-state index is 13.1. The molecule has 2 aliphatic rings. The van der Waals surface area contributed by atoms with Crippen LogP contribution in [0.4, 0.5) is 5.82 Å². The third kappa shape index (κ3) is 3.98.